The largest absolute Gasteiger partial charge is 0.325 e. The predicted molar refractivity (Wildman–Crippen MR) is 101 cm³/mol. The predicted octanol–water partition coefficient (Wildman–Crippen LogP) is 3.32. The number of nitrogens with one attached hydrogen (secondary N) is 1. The molecule has 1 heterocycles. The lowest BCUT2D eigenvalue weighted by molar-refractivity contribution is -0.120. The number of hydrogen-bond acceptors (Lipinski definition) is 3. The third-order valence-corrected chi connectivity index (χ3v) is 6.83. The fourth-order valence-corrected chi connectivity index (χ4v) is 4.89. The highest BCUT2D eigenvalue weighted by molar-refractivity contribution is 9.10. The van der Waals surface area contributed by atoms with Crippen LogP contribution in [-0.4, -0.2) is 37.5 Å². The summed E-state index contributed by atoms with van der Waals surface area (Å²) in [4.78, 5) is 12.7. The van der Waals surface area contributed by atoms with Crippen LogP contribution in [-0.2, 0) is 21.2 Å². The SMILES string of the molecule is CCc1cc(Br)cc(C)c1NC(=O)C1CCCN(S(=O)(=O)CC)C1. The summed E-state index contributed by atoms with van der Waals surface area (Å²) >= 11 is 3.48. The number of sulfonamides is 1. The highest BCUT2D eigenvalue weighted by Gasteiger charge is 2.31. The maximum Gasteiger partial charge on any atom is 0.228 e. The fraction of sp³-hybridized carbons (Fsp3) is 0.588. The van der Waals surface area contributed by atoms with Crippen molar-refractivity contribution in [3.8, 4) is 0 Å². The lowest BCUT2D eigenvalue weighted by Gasteiger charge is -2.31. The van der Waals surface area contributed by atoms with Gasteiger partial charge in [-0.15, -0.1) is 0 Å². The van der Waals surface area contributed by atoms with Gasteiger partial charge in [0.25, 0.3) is 0 Å². The Morgan fingerprint density at radius 3 is 2.71 bits per heavy atom. The van der Waals surface area contributed by atoms with E-state index in [4.69, 9.17) is 0 Å². The van der Waals surface area contributed by atoms with Crippen LogP contribution in [0.1, 0.15) is 37.8 Å². The van der Waals surface area contributed by atoms with Gasteiger partial charge in [-0.3, -0.25) is 4.79 Å². The van der Waals surface area contributed by atoms with E-state index < -0.39 is 10.0 Å². The van der Waals surface area contributed by atoms with E-state index in [9.17, 15) is 13.2 Å². The van der Waals surface area contributed by atoms with Crippen molar-refractivity contribution in [3.63, 3.8) is 0 Å². The van der Waals surface area contributed by atoms with E-state index in [-0.39, 0.29) is 24.1 Å². The first-order valence-corrected chi connectivity index (χ1v) is 10.8. The number of anilines is 1. The summed E-state index contributed by atoms with van der Waals surface area (Å²) in [6.45, 7) is 6.44. The Bertz CT molecular complexity index is 719. The molecule has 1 unspecified atom stereocenters. The number of rotatable bonds is 5. The number of carbonyl (C=O) groups excluding carboxylic acids is 1. The fourth-order valence-electron chi connectivity index (χ4n) is 3.09. The standard InChI is InChI=1S/C17H25BrN2O3S/c1-4-13-10-15(18)9-12(3)16(13)19-17(21)14-7-6-8-20(11-14)24(22,23)5-2/h9-10,14H,4-8,11H2,1-3H3,(H,19,21). The number of halogens is 1. The topological polar surface area (TPSA) is 66.5 Å². The molecule has 0 aliphatic carbocycles. The zero-order chi connectivity index (χ0) is 17.9. The van der Waals surface area contributed by atoms with Crippen LogP contribution in [0.3, 0.4) is 0 Å². The van der Waals surface area contributed by atoms with Crippen molar-refractivity contribution in [1.82, 2.24) is 4.31 Å². The van der Waals surface area contributed by atoms with Gasteiger partial charge >= 0.3 is 0 Å². The molecule has 0 aromatic heterocycles. The number of benzene rings is 1. The zero-order valence-electron chi connectivity index (χ0n) is 14.4. The maximum atomic E-state index is 12.7. The van der Waals surface area contributed by atoms with Crippen molar-refractivity contribution in [3.05, 3.63) is 27.7 Å². The van der Waals surface area contributed by atoms with E-state index in [2.05, 4.69) is 21.2 Å². The number of hydrogen-bond donors (Lipinski definition) is 1. The summed E-state index contributed by atoms with van der Waals surface area (Å²) in [5.41, 5.74) is 2.92. The van der Waals surface area contributed by atoms with Crippen LogP contribution in [0.25, 0.3) is 0 Å². The summed E-state index contributed by atoms with van der Waals surface area (Å²) in [5, 5.41) is 3.04. The number of nitrogens with zero attached hydrogens (tertiary/aromatic N) is 1. The molecule has 1 amide bonds. The number of carbonyl (C=O) groups is 1. The molecular weight excluding hydrogens is 392 g/mol. The minimum Gasteiger partial charge on any atom is -0.325 e. The maximum absolute atomic E-state index is 12.7. The van der Waals surface area contributed by atoms with Crippen LogP contribution < -0.4 is 5.32 Å². The average molecular weight is 417 g/mol. The molecule has 1 aliphatic rings. The smallest absolute Gasteiger partial charge is 0.228 e. The molecule has 0 saturated carbocycles. The van der Waals surface area contributed by atoms with Crippen LogP contribution in [0.15, 0.2) is 16.6 Å². The molecule has 1 aromatic carbocycles. The van der Waals surface area contributed by atoms with E-state index in [0.717, 1.165) is 40.5 Å². The highest BCUT2D eigenvalue weighted by Crippen LogP contribution is 2.28. The van der Waals surface area contributed by atoms with Crippen molar-refractivity contribution < 1.29 is 13.2 Å². The van der Waals surface area contributed by atoms with Crippen molar-refractivity contribution >= 4 is 37.5 Å². The first-order valence-electron chi connectivity index (χ1n) is 8.36. The number of aryl methyl sites for hydroxylation is 2. The Labute approximate surface area is 153 Å². The number of piperidine rings is 1. The Balaban J connectivity index is 2.16. The second kappa shape index (κ2) is 7.97. The summed E-state index contributed by atoms with van der Waals surface area (Å²) in [7, 11) is -3.24. The van der Waals surface area contributed by atoms with Crippen LogP contribution in [0.5, 0.6) is 0 Å². The average Bonchev–Trinajstić information content (AvgIpc) is 2.56. The summed E-state index contributed by atoms with van der Waals surface area (Å²) in [5.74, 6) is -0.313. The molecule has 0 radical (unpaired) electrons. The highest BCUT2D eigenvalue weighted by atomic mass is 79.9. The summed E-state index contributed by atoms with van der Waals surface area (Å²) < 4.78 is 26.6. The molecule has 1 aromatic rings. The third kappa shape index (κ3) is 4.37. The Morgan fingerprint density at radius 1 is 1.38 bits per heavy atom. The molecule has 1 atom stereocenters. The van der Waals surface area contributed by atoms with Gasteiger partial charge in [0, 0.05) is 23.2 Å². The first kappa shape index (κ1) is 19.4. The molecular formula is C17H25BrN2O3S. The molecule has 1 fully saturated rings. The van der Waals surface area contributed by atoms with E-state index in [1.807, 2.05) is 26.0 Å². The van der Waals surface area contributed by atoms with Crippen LogP contribution in [0.4, 0.5) is 5.69 Å². The Morgan fingerprint density at radius 2 is 2.08 bits per heavy atom. The van der Waals surface area contributed by atoms with E-state index in [1.165, 1.54) is 4.31 Å². The van der Waals surface area contributed by atoms with Gasteiger partial charge in [-0.25, -0.2) is 12.7 Å². The molecule has 1 saturated heterocycles. The first-order chi connectivity index (χ1) is 11.3. The molecule has 0 bridgehead atoms. The van der Waals surface area contributed by atoms with Gasteiger partial charge in [-0.1, -0.05) is 22.9 Å². The molecule has 1 N–H and O–H groups in total. The Kier molecular flexibility index (Phi) is 6.45. The Hall–Kier alpha value is -0.920. The molecule has 7 heteroatoms. The van der Waals surface area contributed by atoms with E-state index in [1.54, 1.807) is 6.92 Å². The summed E-state index contributed by atoms with van der Waals surface area (Å²) in [6, 6.07) is 3.99. The van der Waals surface area contributed by atoms with Crippen molar-refractivity contribution in [2.45, 2.75) is 40.0 Å². The third-order valence-electron chi connectivity index (χ3n) is 4.52. The second-order valence-electron chi connectivity index (χ2n) is 6.20. The van der Waals surface area contributed by atoms with Crippen LogP contribution in [0.2, 0.25) is 0 Å². The number of amides is 1. The second-order valence-corrected chi connectivity index (χ2v) is 9.37. The van der Waals surface area contributed by atoms with Gasteiger partial charge in [0.05, 0.1) is 11.7 Å². The molecule has 0 spiro atoms. The van der Waals surface area contributed by atoms with E-state index >= 15 is 0 Å². The molecule has 24 heavy (non-hydrogen) atoms. The van der Waals surface area contributed by atoms with Crippen molar-refractivity contribution in [2.75, 3.05) is 24.2 Å². The minimum atomic E-state index is -3.24. The van der Waals surface area contributed by atoms with Gasteiger partial charge in [0.1, 0.15) is 0 Å². The lowest BCUT2D eigenvalue weighted by Crippen LogP contribution is -2.44. The molecule has 134 valence electrons. The minimum absolute atomic E-state index is 0.0765. The molecule has 2 rings (SSSR count). The lowest BCUT2D eigenvalue weighted by atomic mass is 9.98. The van der Waals surface area contributed by atoms with Crippen molar-refractivity contribution in [1.29, 1.82) is 0 Å². The van der Waals surface area contributed by atoms with Gasteiger partial charge in [0.2, 0.25) is 15.9 Å². The quantitative estimate of drug-likeness (QED) is 0.800. The monoisotopic (exact) mass is 416 g/mol. The van der Waals surface area contributed by atoms with Gasteiger partial charge < -0.3 is 5.32 Å². The zero-order valence-corrected chi connectivity index (χ0v) is 16.8. The van der Waals surface area contributed by atoms with E-state index in [0.29, 0.717) is 6.54 Å². The van der Waals surface area contributed by atoms with Gasteiger partial charge in [-0.05, 0) is 56.4 Å². The molecule has 5 nitrogen and oxygen atoms in total. The molecule has 1 aliphatic heterocycles. The van der Waals surface area contributed by atoms with Crippen LogP contribution in [0, 0.1) is 12.8 Å². The normalized spacial score (nSPS) is 19.2. The van der Waals surface area contributed by atoms with Gasteiger partial charge in [-0.2, -0.15) is 0 Å². The van der Waals surface area contributed by atoms with Crippen LogP contribution >= 0.6 is 15.9 Å². The van der Waals surface area contributed by atoms with Gasteiger partial charge in [0.15, 0.2) is 0 Å². The van der Waals surface area contributed by atoms with Crippen molar-refractivity contribution in [2.24, 2.45) is 5.92 Å². The summed E-state index contributed by atoms with van der Waals surface area (Å²) in [6.07, 6.45) is 2.26.